The highest BCUT2D eigenvalue weighted by Crippen LogP contribution is 2.46. The van der Waals surface area contributed by atoms with Gasteiger partial charge in [-0.2, -0.15) is 0 Å². The number of aliphatic hydroxyl groups is 2. The van der Waals surface area contributed by atoms with Gasteiger partial charge in [0.2, 0.25) is 0 Å². The van der Waals surface area contributed by atoms with Crippen molar-refractivity contribution in [2.24, 2.45) is 11.8 Å². The van der Waals surface area contributed by atoms with Crippen molar-refractivity contribution in [3.63, 3.8) is 0 Å². The summed E-state index contributed by atoms with van der Waals surface area (Å²) >= 11 is 0. The van der Waals surface area contributed by atoms with Crippen LogP contribution in [0.4, 0.5) is 17.6 Å². The van der Waals surface area contributed by atoms with Gasteiger partial charge in [-0.15, -0.1) is 0 Å². The van der Waals surface area contributed by atoms with E-state index in [0.29, 0.717) is 63.2 Å². The molecule has 404 valence electrons. The third-order valence-electron chi connectivity index (χ3n) is 16.1. The highest BCUT2D eigenvalue weighted by Gasteiger charge is 2.35. The van der Waals surface area contributed by atoms with Crippen LogP contribution in [0.1, 0.15) is 110 Å². The van der Waals surface area contributed by atoms with Crippen LogP contribution in [0.25, 0.3) is 66.1 Å². The van der Waals surface area contributed by atoms with Gasteiger partial charge >= 0.3 is 0 Å². The predicted molar refractivity (Wildman–Crippen MR) is 295 cm³/mol. The molecule has 10 nitrogen and oxygen atoms in total. The molecule has 0 amide bonds. The average Bonchev–Trinajstić information content (AvgIpc) is 4.36. The standard InChI is InChI=1S/2C32H32F2N2O3/c2*1-18-17-39-19(2)29(18)21-13-28-30(35-16-21)24-7-5-22(32(3,4)37)14-27(24)36(28)31(20-9-11-38-12-10-20)25-15-23(33)6-8-26(25)34/h2*5-8,13-17,20,31,37H,9-12H2,1-4H3. The van der Waals surface area contributed by atoms with E-state index in [1.807, 2.05) is 76.5 Å². The van der Waals surface area contributed by atoms with Crippen LogP contribution in [-0.2, 0) is 20.7 Å². The van der Waals surface area contributed by atoms with Gasteiger partial charge in [-0.25, -0.2) is 17.6 Å². The minimum absolute atomic E-state index is 0.000645. The van der Waals surface area contributed by atoms with Gasteiger partial charge in [0.05, 0.1) is 68.9 Å². The Kier molecular flexibility index (Phi) is 14.0. The minimum atomic E-state index is -1.09. The Morgan fingerprint density at radius 2 is 0.897 bits per heavy atom. The van der Waals surface area contributed by atoms with E-state index in [1.165, 1.54) is 24.3 Å². The van der Waals surface area contributed by atoms with Crippen LogP contribution < -0.4 is 0 Å². The predicted octanol–water partition coefficient (Wildman–Crippen LogP) is 15.2. The van der Waals surface area contributed by atoms with Gasteiger partial charge in [0.25, 0.3) is 0 Å². The number of nitrogens with zero attached hydrogens (tertiary/aromatic N) is 4. The number of halogens is 4. The summed E-state index contributed by atoms with van der Waals surface area (Å²) in [5, 5.41) is 23.5. The second-order valence-corrected chi connectivity index (χ2v) is 22.3. The molecule has 2 fully saturated rings. The van der Waals surface area contributed by atoms with Crippen molar-refractivity contribution in [3.8, 4) is 22.3 Å². The zero-order chi connectivity index (χ0) is 54.9. The Balaban J connectivity index is 0.000000165. The van der Waals surface area contributed by atoms with E-state index in [4.69, 9.17) is 28.3 Å². The lowest BCUT2D eigenvalue weighted by atomic mass is 9.86. The molecule has 0 radical (unpaired) electrons. The number of aromatic nitrogens is 4. The monoisotopic (exact) mass is 1060 g/mol. The summed E-state index contributed by atoms with van der Waals surface area (Å²) in [7, 11) is 0. The zero-order valence-electron chi connectivity index (χ0n) is 45.2. The lowest BCUT2D eigenvalue weighted by molar-refractivity contribution is 0.0547. The van der Waals surface area contributed by atoms with Crippen molar-refractivity contribution in [2.45, 2.75) is 104 Å². The number of hydrogen-bond acceptors (Lipinski definition) is 8. The minimum Gasteiger partial charge on any atom is -0.469 e. The van der Waals surface area contributed by atoms with Gasteiger partial charge in [0.1, 0.15) is 34.8 Å². The van der Waals surface area contributed by atoms with Gasteiger partial charge in [0.15, 0.2) is 0 Å². The third-order valence-corrected chi connectivity index (χ3v) is 16.1. The molecule has 2 unspecified atom stereocenters. The first kappa shape index (κ1) is 52.9. The topological polar surface area (TPSA) is 121 Å². The fraction of sp³-hybridized carbons (Fsp3) is 0.344. The largest absolute Gasteiger partial charge is 0.469 e. The van der Waals surface area contributed by atoms with Crippen LogP contribution in [0, 0.1) is 62.8 Å². The quantitative estimate of drug-likeness (QED) is 0.130. The van der Waals surface area contributed by atoms with Crippen LogP contribution in [0.2, 0.25) is 0 Å². The number of furan rings is 2. The number of benzene rings is 4. The fourth-order valence-electron chi connectivity index (χ4n) is 12.2. The number of fused-ring (bicyclic) bond motifs is 6. The molecule has 78 heavy (non-hydrogen) atoms. The van der Waals surface area contributed by atoms with Crippen molar-refractivity contribution in [1.29, 1.82) is 0 Å². The molecular formula is C64H64F4N4O6. The molecule has 8 heterocycles. The number of rotatable bonds is 10. The number of pyridine rings is 2. The van der Waals surface area contributed by atoms with E-state index in [2.05, 4.69) is 21.3 Å². The SMILES string of the molecule is Cc1coc(C)c1-c1cnc2c3ccc(C(C)(C)O)cc3n(C(c3cc(F)ccc3F)C3CCOCC3)c2c1.Cc1coc(C)c1-c1cnc2c3ccc(C(C)(C)O)cc3n(C(c3cc(F)ccc3F)C3CCOCC3)c2c1. The second kappa shape index (κ2) is 20.6. The summed E-state index contributed by atoms with van der Waals surface area (Å²) in [6, 6.07) is 22.1. The van der Waals surface area contributed by atoms with Crippen molar-refractivity contribution < 1.29 is 46.1 Å². The molecule has 12 rings (SSSR count). The van der Waals surface area contributed by atoms with Crippen molar-refractivity contribution in [2.75, 3.05) is 26.4 Å². The van der Waals surface area contributed by atoms with E-state index in [0.717, 1.165) is 112 Å². The van der Waals surface area contributed by atoms with Crippen LogP contribution in [0.3, 0.4) is 0 Å². The lowest BCUT2D eigenvalue weighted by Crippen LogP contribution is -2.28. The summed E-state index contributed by atoms with van der Waals surface area (Å²) in [6.07, 6.45) is 9.97. The van der Waals surface area contributed by atoms with Gasteiger partial charge in [0, 0.05) is 83.0 Å². The molecule has 10 aromatic rings. The maximum atomic E-state index is 15.6. The molecule has 2 aliphatic rings. The highest BCUT2D eigenvalue weighted by molar-refractivity contribution is 6.08. The van der Waals surface area contributed by atoms with E-state index in [-0.39, 0.29) is 11.8 Å². The third kappa shape index (κ3) is 9.71. The summed E-state index contributed by atoms with van der Waals surface area (Å²) < 4.78 is 87.3. The normalized spacial score (nSPS) is 15.9. The lowest BCUT2D eigenvalue weighted by Gasteiger charge is -2.33. The van der Waals surface area contributed by atoms with Gasteiger partial charge in [-0.1, -0.05) is 24.3 Å². The first-order valence-electron chi connectivity index (χ1n) is 26.8. The van der Waals surface area contributed by atoms with Crippen LogP contribution in [0.15, 0.2) is 119 Å². The molecule has 0 aliphatic carbocycles. The van der Waals surface area contributed by atoms with Gasteiger partial charge < -0.3 is 37.7 Å². The first-order chi connectivity index (χ1) is 37.3. The Morgan fingerprint density at radius 1 is 0.513 bits per heavy atom. The van der Waals surface area contributed by atoms with Crippen molar-refractivity contribution in [1.82, 2.24) is 19.1 Å². The molecule has 4 aromatic carbocycles. The molecule has 2 saturated heterocycles. The Labute approximate surface area is 450 Å². The molecule has 2 N–H and O–H groups in total. The van der Waals surface area contributed by atoms with Crippen molar-refractivity contribution >= 4 is 43.9 Å². The Morgan fingerprint density at radius 3 is 1.24 bits per heavy atom. The highest BCUT2D eigenvalue weighted by atomic mass is 19.1. The fourth-order valence-corrected chi connectivity index (χ4v) is 12.2. The van der Waals surface area contributed by atoms with E-state index in [1.54, 1.807) is 40.2 Å². The summed E-state index contributed by atoms with van der Waals surface area (Å²) in [5.41, 5.74) is 10.4. The van der Waals surface area contributed by atoms with Gasteiger partial charge in [-0.3, -0.25) is 9.97 Å². The Bertz CT molecular complexity index is 3590. The number of hydrogen-bond donors (Lipinski definition) is 2. The van der Waals surface area contributed by atoms with Crippen LogP contribution in [0.5, 0.6) is 0 Å². The number of ether oxygens (including phenoxy) is 2. The number of aryl methyl sites for hydroxylation is 4. The maximum absolute atomic E-state index is 15.6. The molecule has 0 saturated carbocycles. The molecule has 2 atom stereocenters. The molecular weight excluding hydrogens is 997 g/mol. The van der Waals surface area contributed by atoms with Crippen LogP contribution >= 0.6 is 0 Å². The Hall–Kier alpha value is -7.10. The average molecular weight is 1060 g/mol. The van der Waals surface area contributed by atoms with E-state index < -0.39 is 46.6 Å². The summed E-state index contributed by atoms with van der Waals surface area (Å²) in [4.78, 5) is 9.81. The molecule has 6 aromatic heterocycles. The summed E-state index contributed by atoms with van der Waals surface area (Å²) in [6.45, 7) is 17.0. The maximum Gasteiger partial charge on any atom is 0.128 e. The van der Waals surface area contributed by atoms with Gasteiger partial charge in [-0.05, 0) is 176 Å². The first-order valence-corrected chi connectivity index (χ1v) is 26.8. The molecule has 14 heteroatoms. The van der Waals surface area contributed by atoms with Crippen molar-refractivity contribution in [3.05, 3.63) is 178 Å². The molecule has 2 aliphatic heterocycles. The summed E-state index contributed by atoms with van der Waals surface area (Å²) in [5.74, 6) is -0.286. The molecule has 0 bridgehead atoms. The van der Waals surface area contributed by atoms with E-state index >= 15 is 8.78 Å². The van der Waals surface area contributed by atoms with Crippen LogP contribution in [-0.4, -0.2) is 55.7 Å². The molecule has 0 spiro atoms. The smallest absolute Gasteiger partial charge is 0.128 e. The second-order valence-electron chi connectivity index (χ2n) is 22.3. The zero-order valence-corrected chi connectivity index (χ0v) is 45.2. The van der Waals surface area contributed by atoms with E-state index in [9.17, 15) is 19.0 Å².